The van der Waals surface area contributed by atoms with Gasteiger partial charge in [-0.25, -0.2) is 0 Å². The second-order valence-electron chi connectivity index (χ2n) is 3.52. The fourth-order valence-corrected chi connectivity index (χ4v) is 1.84. The molecule has 0 saturated heterocycles. The van der Waals surface area contributed by atoms with Gasteiger partial charge in [-0.2, -0.15) is 0 Å². The first kappa shape index (κ1) is 11.3. The minimum absolute atomic E-state index is 0.564. The topological polar surface area (TPSA) is 9.23 Å². The molecular weight excluding hydrogens is 243 g/mol. The van der Waals surface area contributed by atoms with Crippen LogP contribution in [-0.2, 0) is 0 Å². The summed E-state index contributed by atoms with van der Waals surface area (Å²) in [5, 5.41) is 1.13. The molecule has 0 fully saturated rings. The second-order valence-corrected chi connectivity index (χ2v) is 4.39. The normalized spacial score (nSPS) is 10.2. The summed E-state index contributed by atoms with van der Waals surface area (Å²) in [7, 11) is 0. The molecule has 0 spiro atoms. The van der Waals surface area contributed by atoms with Crippen LogP contribution < -0.4 is 4.74 Å². The molecule has 2 rings (SSSR count). The van der Waals surface area contributed by atoms with Gasteiger partial charge in [0.05, 0.1) is 0 Å². The Bertz CT molecular complexity index is 472. The zero-order valence-electron chi connectivity index (χ0n) is 8.71. The fraction of sp³-hybridized carbons (Fsp3) is 0.0769. The van der Waals surface area contributed by atoms with E-state index in [1.54, 1.807) is 18.2 Å². The van der Waals surface area contributed by atoms with Gasteiger partial charge in [-0.15, -0.1) is 0 Å². The molecule has 0 aliphatic rings. The molecule has 1 nitrogen and oxygen atoms in total. The molecule has 2 aromatic rings. The van der Waals surface area contributed by atoms with Crippen LogP contribution in [0.25, 0.3) is 0 Å². The van der Waals surface area contributed by atoms with E-state index in [2.05, 4.69) is 0 Å². The van der Waals surface area contributed by atoms with E-state index >= 15 is 0 Å². The van der Waals surface area contributed by atoms with Crippen molar-refractivity contribution in [1.29, 1.82) is 0 Å². The number of hydrogen-bond acceptors (Lipinski definition) is 1. The van der Waals surface area contributed by atoms with Crippen molar-refractivity contribution in [1.82, 2.24) is 0 Å². The smallest absolute Gasteiger partial charge is 0.130 e. The lowest BCUT2D eigenvalue weighted by molar-refractivity contribution is 0.482. The van der Waals surface area contributed by atoms with E-state index in [0.29, 0.717) is 15.8 Å². The number of aryl methyl sites for hydroxylation is 1. The summed E-state index contributed by atoms with van der Waals surface area (Å²) in [6, 6.07) is 12.9. The second kappa shape index (κ2) is 4.77. The van der Waals surface area contributed by atoms with E-state index in [0.717, 1.165) is 5.75 Å². The van der Waals surface area contributed by atoms with Crippen LogP contribution in [0.4, 0.5) is 0 Å². The van der Waals surface area contributed by atoms with E-state index in [9.17, 15) is 0 Å². The van der Waals surface area contributed by atoms with Crippen LogP contribution in [-0.4, -0.2) is 0 Å². The zero-order chi connectivity index (χ0) is 11.5. The van der Waals surface area contributed by atoms with Crippen molar-refractivity contribution in [3.05, 3.63) is 58.1 Å². The summed E-state index contributed by atoms with van der Waals surface area (Å²) in [4.78, 5) is 0. The predicted octanol–water partition coefficient (Wildman–Crippen LogP) is 5.09. The molecule has 0 heterocycles. The van der Waals surface area contributed by atoms with Gasteiger partial charge in [-0.05, 0) is 37.3 Å². The third-order valence-electron chi connectivity index (χ3n) is 2.09. The highest BCUT2D eigenvalue weighted by molar-refractivity contribution is 6.34. The lowest BCUT2D eigenvalue weighted by Gasteiger charge is -2.06. The van der Waals surface area contributed by atoms with Crippen molar-refractivity contribution in [2.45, 2.75) is 6.92 Å². The van der Waals surface area contributed by atoms with Gasteiger partial charge in [0.1, 0.15) is 11.5 Å². The summed E-state index contributed by atoms with van der Waals surface area (Å²) in [6.45, 7) is 2.03. The van der Waals surface area contributed by atoms with Gasteiger partial charge in [0.2, 0.25) is 0 Å². The molecule has 0 saturated carbocycles. The number of hydrogen-bond donors (Lipinski definition) is 0. The van der Waals surface area contributed by atoms with Crippen molar-refractivity contribution in [2.24, 2.45) is 0 Å². The SMILES string of the molecule is Cc1ccc(Oc2cc(Cl)cc(Cl)c2)cc1. The van der Waals surface area contributed by atoms with Crippen LogP contribution >= 0.6 is 23.2 Å². The summed E-state index contributed by atoms with van der Waals surface area (Å²) >= 11 is 11.8. The molecule has 0 aliphatic heterocycles. The summed E-state index contributed by atoms with van der Waals surface area (Å²) < 4.78 is 5.63. The van der Waals surface area contributed by atoms with Gasteiger partial charge in [-0.3, -0.25) is 0 Å². The Labute approximate surface area is 105 Å². The molecule has 0 bridgehead atoms. The molecule has 0 unspecified atom stereocenters. The highest BCUT2D eigenvalue weighted by Crippen LogP contribution is 2.28. The molecule has 16 heavy (non-hydrogen) atoms. The molecule has 0 amide bonds. The van der Waals surface area contributed by atoms with E-state index in [-0.39, 0.29) is 0 Å². The monoisotopic (exact) mass is 252 g/mol. The zero-order valence-corrected chi connectivity index (χ0v) is 10.2. The number of rotatable bonds is 2. The molecule has 0 aromatic heterocycles. The van der Waals surface area contributed by atoms with Crippen molar-refractivity contribution in [3.8, 4) is 11.5 Å². The predicted molar refractivity (Wildman–Crippen MR) is 67.7 cm³/mol. The number of halogens is 2. The van der Waals surface area contributed by atoms with E-state index in [4.69, 9.17) is 27.9 Å². The third-order valence-corrected chi connectivity index (χ3v) is 2.53. The van der Waals surface area contributed by atoms with Gasteiger partial charge in [-0.1, -0.05) is 40.9 Å². The Morgan fingerprint density at radius 3 is 1.94 bits per heavy atom. The number of benzene rings is 2. The van der Waals surface area contributed by atoms with Crippen LogP contribution in [0, 0.1) is 6.92 Å². The Kier molecular flexibility index (Phi) is 3.37. The van der Waals surface area contributed by atoms with Gasteiger partial charge in [0.15, 0.2) is 0 Å². The van der Waals surface area contributed by atoms with E-state index in [1.165, 1.54) is 5.56 Å². The summed E-state index contributed by atoms with van der Waals surface area (Å²) in [5.41, 5.74) is 1.19. The average Bonchev–Trinajstić information content (AvgIpc) is 2.20. The number of ether oxygens (including phenoxy) is 1. The summed E-state index contributed by atoms with van der Waals surface area (Å²) in [6.07, 6.45) is 0. The first-order valence-electron chi connectivity index (χ1n) is 4.84. The first-order chi connectivity index (χ1) is 7.63. The largest absolute Gasteiger partial charge is 0.457 e. The van der Waals surface area contributed by atoms with Crippen LogP contribution in [0.2, 0.25) is 10.0 Å². The maximum Gasteiger partial charge on any atom is 0.130 e. The lowest BCUT2D eigenvalue weighted by Crippen LogP contribution is -1.84. The standard InChI is InChI=1S/C13H10Cl2O/c1-9-2-4-12(5-3-9)16-13-7-10(14)6-11(15)8-13/h2-8H,1H3. The Morgan fingerprint density at radius 2 is 1.38 bits per heavy atom. The van der Waals surface area contributed by atoms with Crippen LogP contribution in [0.15, 0.2) is 42.5 Å². The maximum atomic E-state index is 5.88. The minimum Gasteiger partial charge on any atom is -0.457 e. The Hall–Kier alpha value is -1.18. The highest BCUT2D eigenvalue weighted by atomic mass is 35.5. The Morgan fingerprint density at radius 1 is 0.812 bits per heavy atom. The molecular formula is C13H10Cl2O. The third kappa shape index (κ3) is 2.91. The molecule has 0 radical (unpaired) electrons. The Balaban J connectivity index is 2.23. The first-order valence-corrected chi connectivity index (χ1v) is 5.60. The van der Waals surface area contributed by atoms with Gasteiger partial charge >= 0.3 is 0 Å². The van der Waals surface area contributed by atoms with Gasteiger partial charge in [0, 0.05) is 10.0 Å². The molecule has 0 aliphatic carbocycles. The maximum absolute atomic E-state index is 5.88. The van der Waals surface area contributed by atoms with E-state index < -0.39 is 0 Å². The van der Waals surface area contributed by atoms with Gasteiger partial charge < -0.3 is 4.74 Å². The van der Waals surface area contributed by atoms with Gasteiger partial charge in [0.25, 0.3) is 0 Å². The lowest BCUT2D eigenvalue weighted by atomic mass is 10.2. The molecule has 3 heteroatoms. The van der Waals surface area contributed by atoms with Crippen LogP contribution in [0.1, 0.15) is 5.56 Å². The highest BCUT2D eigenvalue weighted by Gasteiger charge is 2.00. The minimum atomic E-state index is 0.564. The van der Waals surface area contributed by atoms with E-state index in [1.807, 2.05) is 31.2 Å². The average molecular weight is 253 g/mol. The molecule has 0 N–H and O–H groups in total. The quantitative estimate of drug-likeness (QED) is 0.723. The molecule has 82 valence electrons. The van der Waals surface area contributed by atoms with Crippen LogP contribution in [0.3, 0.4) is 0 Å². The van der Waals surface area contributed by atoms with Crippen LogP contribution in [0.5, 0.6) is 11.5 Å². The van der Waals surface area contributed by atoms with Crippen molar-refractivity contribution < 1.29 is 4.74 Å². The van der Waals surface area contributed by atoms with Crippen molar-refractivity contribution in [2.75, 3.05) is 0 Å². The van der Waals surface area contributed by atoms with Crippen molar-refractivity contribution in [3.63, 3.8) is 0 Å². The fourth-order valence-electron chi connectivity index (χ4n) is 1.33. The molecule has 0 atom stereocenters. The summed E-state index contributed by atoms with van der Waals surface area (Å²) in [5.74, 6) is 1.41. The molecule has 2 aromatic carbocycles. The van der Waals surface area contributed by atoms with Crippen molar-refractivity contribution >= 4 is 23.2 Å².